The van der Waals surface area contributed by atoms with Gasteiger partial charge in [-0.05, 0) is 0 Å². The van der Waals surface area contributed by atoms with Crippen molar-refractivity contribution in [1.29, 1.82) is 5.26 Å². The average Bonchev–Trinajstić information content (AvgIpc) is 1.84. The molecule has 0 aliphatic heterocycles. The third-order valence-corrected chi connectivity index (χ3v) is 0.883. The first kappa shape index (κ1) is 14.4. The van der Waals surface area contributed by atoms with Crippen LogP contribution in [0.2, 0.25) is 0 Å². The molecule has 0 spiro atoms. The van der Waals surface area contributed by atoms with Gasteiger partial charge in [-0.1, -0.05) is 6.92 Å². The van der Waals surface area contributed by atoms with Crippen molar-refractivity contribution in [3.63, 3.8) is 0 Å². The number of rotatable bonds is 2. The lowest BCUT2D eigenvalue weighted by molar-refractivity contribution is -0.121. The lowest BCUT2D eigenvalue weighted by atomic mass is 10.1. The molecule has 1 atom stereocenters. The lowest BCUT2D eigenvalue weighted by Crippen LogP contribution is -2.19. The first-order chi connectivity index (χ1) is 5.68. The summed E-state index contributed by atoms with van der Waals surface area (Å²) in [5.74, 6) is -0.716. The van der Waals surface area contributed by atoms with Gasteiger partial charge in [0.1, 0.15) is 0 Å². The van der Waals surface area contributed by atoms with Crippen LogP contribution in [0, 0.1) is 17.2 Å². The summed E-state index contributed by atoms with van der Waals surface area (Å²) in [5, 5.41) is 8.03. The second-order valence-electron chi connectivity index (χ2n) is 2.40. The highest BCUT2D eigenvalue weighted by Gasteiger charge is 2.05. The third kappa shape index (κ3) is 24.8. The van der Waals surface area contributed by atoms with Gasteiger partial charge in [-0.15, -0.1) is 0 Å². The van der Waals surface area contributed by atoms with E-state index in [-0.39, 0.29) is 12.3 Å². The van der Waals surface area contributed by atoms with Crippen LogP contribution in [0.3, 0.4) is 0 Å². The highest BCUT2D eigenvalue weighted by atomic mass is 32.2. The lowest BCUT2D eigenvalue weighted by Gasteiger charge is -1.96. The number of primary amides is 1. The molecule has 13 heavy (non-hydrogen) atoms. The van der Waals surface area contributed by atoms with E-state index in [1.807, 2.05) is 6.07 Å². The minimum Gasteiger partial charge on any atom is -0.369 e. The van der Waals surface area contributed by atoms with Crippen LogP contribution in [0.5, 0.6) is 0 Å². The van der Waals surface area contributed by atoms with Crippen molar-refractivity contribution in [1.82, 2.24) is 0 Å². The van der Waals surface area contributed by atoms with Crippen LogP contribution in [0.15, 0.2) is 0 Å². The summed E-state index contributed by atoms with van der Waals surface area (Å²) >= 11 is 0. The maximum atomic E-state index is 10.2. The van der Waals surface area contributed by atoms with Gasteiger partial charge in [0.2, 0.25) is 5.91 Å². The molecular formula is C6H12N2O4S. The van der Waals surface area contributed by atoms with Gasteiger partial charge in [-0.2, -0.15) is 13.7 Å². The molecule has 0 saturated carbocycles. The van der Waals surface area contributed by atoms with Crippen LogP contribution >= 0.6 is 0 Å². The molecule has 0 aromatic carbocycles. The predicted octanol–water partition coefficient (Wildman–Crippen LogP) is -0.475. The van der Waals surface area contributed by atoms with Crippen LogP contribution in [0.4, 0.5) is 0 Å². The summed E-state index contributed by atoms with van der Waals surface area (Å²) in [5.41, 5.74) is 4.83. The van der Waals surface area contributed by atoms with E-state index in [2.05, 4.69) is 0 Å². The molecule has 0 bridgehead atoms. The highest BCUT2D eigenvalue weighted by Crippen LogP contribution is 1.96. The Morgan fingerprint density at radius 3 is 2.08 bits per heavy atom. The number of nitrogens with two attached hydrogens (primary N) is 1. The van der Waals surface area contributed by atoms with Gasteiger partial charge in [0.05, 0.1) is 12.3 Å². The van der Waals surface area contributed by atoms with Crippen molar-refractivity contribution in [2.24, 2.45) is 11.7 Å². The molecule has 1 amide bonds. The van der Waals surface area contributed by atoms with Gasteiger partial charge >= 0.3 is 0 Å². The molecule has 6 nitrogen and oxygen atoms in total. The Kier molecular flexibility index (Phi) is 7.08. The monoisotopic (exact) mass is 208 g/mol. The van der Waals surface area contributed by atoms with Crippen molar-refractivity contribution >= 4 is 16.0 Å². The summed E-state index contributed by atoms with van der Waals surface area (Å²) in [6, 6.07) is 1.85. The van der Waals surface area contributed by atoms with E-state index in [1.54, 1.807) is 6.92 Å². The summed E-state index contributed by atoms with van der Waals surface area (Å²) in [6.07, 6.45) is 0.933. The van der Waals surface area contributed by atoms with Crippen LogP contribution in [0.25, 0.3) is 0 Å². The van der Waals surface area contributed by atoms with Gasteiger partial charge in [-0.25, -0.2) is 0 Å². The van der Waals surface area contributed by atoms with Crippen molar-refractivity contribution in [3.8, 4) is 6.07 Å². The van der Waals surface area contributed by atoms with Crippen molar-refractivity contribution in [2.75, 3.05) is 6.26 Å². The minimum atomic E-state index is -3.67. The van der Waals surface area contributed by atoms with Gasteiger partial charge < -0.3 is 5.73 Å². The van der Waals surface area contributed by atoms with Crippen LogP contribution in [0.1, 0.15) is 13.3 Å². The number of amides is 1. The zero-order valence-corrected chi connectivity index (χ0v) is 8.21. The molecule has 0 aliphatic rings. The zero-order chi connectivity index (χ0) is 11.1. The van der Waals surface area contributed by atoms with Gasteiger partial charge in [0.15, 0.2) is 0 Å². The number of carbonyl (C=O) groups is 1. The predicted molar refractivity (Wildman–Crippen MR) is 46.1 cm³/mol. The quantitative estimate of drug-likeness (QED) is 0.594. The fraction of sp³-hybridized carbons (Fsp3) is 0.667. The van der Waals surface area contributed by atoms with E-state index >= 15 is 0 Å². The molecule has 0 radical (unpaired) electrons. The Bertz CT molecular complexity index is 282. The van der Waals surface area contributed by atoms with Gasteiger partial charge in [0.25, 0.3) is 10.1 Å². The molecular weight excluding hydrogens is 196 g/mol. The molecule has 7 heteroatoms. The molecule has 0 saturated heterocycles. The minimum absolute atomic E-state index is 0.218. The second-order valence-corrected chi connectivity index (χ2v) is 3.86. The van der Waals surface area contributed by atoms with Crippen molar-refractivity contribution < 1.29 is 17.8 Å². The maximum absolute atomic E-state index is 10.2. The Balaban J connectivity index is 0. The molecule has 1 unspecified atom stereocenters. The SMILES string of the molecule is CC(CC#N)C(N)=O.CS(=O)(=O)O. The molecule has 76 valence electrons. The van der Waals surface area contributed by atoms with Gasteiger partial charge in [-0.3, -0.25) is 9.35 Å². The van der Waals surface area contributed by atoms with E-state index < -0.39 is 16.0 Å². The first-order valence-electron chi connectivity index (χ1n) is 3.27. The average molecular weight is 208 g/mol. The summed E-state index contributed by atoms with van der Waals surface area (Å²) < 4.78 is 25.9. The molecule has 0 fully saturated rings. The van der Waals surface area contributed by atoms with E-state index in [1.165, 1.54) is 0 Å². The van der Waals surface area contributed by atoms with Crippen LogP contribution in [-0.2, 0) is 14.9 Å². The van der Waals surface area contributed by atoms with Gasteiger partial charge in [0, 0.05) is 12.3 Å². The van der Waals surface area contributed by atoms with E-state index in [9.17, 15) is 13.2 Å². The third-order valence-electron chi connectivity index (χ3n) is 0.883. The smallest absolute Gasteiger partial charge is 0.261 e. The number of nitriles is 1. The second kappa shape index (κ2) is 6.39. The summed E-state index contributed by atoms with van der Waals surface area (Å²) in [7, 11) is -3.67. The number of hydrogen-bond acceptors (Lipinski definition) is 4. The summed E-state index contributed by atoms with van der Waals surface area (Å²) in [6.45, 7) is 1.63. The van der Waals surface area contributed by atoms with E-state index in [0.29, 0.717) is 6.26 Å². The number of nitrogens with zero attached hydrogens (tertiary/aromatic N) is 1. The fourth-order valence-electron chi connectivity index (χ4n) is 0.238. The standard InChI is InChI=1S/C5H8N2O.CH4O3S/c1-4(2-3-6)5(7)8;1-5(2,3)4/h4H,2H2,1H3,(H2,7,8);1H3,(H,2,3,4). The number of hydrogen-bond donors (Lipinski definition) is 2. The molecule has 3 N–H and O–H groups in total. The topological polar surface area (TPSA) is 121 Å². The molecule has 0 rings (SSSR count). The molecule has 0 heterocycles. The molecule has 0 aromatic rings. The number of carbonyl (C=O) groups excluding carboxylic acids is 1. The van der Waals surface area contributed by atoms with Crippen molar-refractivity contribution in [3.05, 3.63) is 0 Å². The van der Waals surface area contributed by atoms with E-state index in [0.717, 1.165) is 0 Å². The Labute approximate surface area is 77.1 Å². The fourth-order valence-corrected chi connectivity index (χ4v) is 0.238. The highest BCUT2D eigenvalue weighted by molar-refractivity contribution is 7.85. The Morgan fingerprint density at radius 2 is 2.00 bits per heavy atom. The van der Waals surface area contributed by atoms with Crippen molar-refractivity contribution in [2.45, 2.75) is 13.3 Å². The summed E-state index contributed by atoms with van der Waals surface area (Å²) in [4.78, 5) is 10.2. The Morgan fingerprint density at radius 1 is 1.69 bits per heavy atom. The van der Waals surface area contributed by atoms with E-state index in [4.69, 9.17) is 15.5 Å². The first-order valence-corrected chi connectivity index (χ1v) is 5.12. The molecule has 0 aromatic heterocycles. The van der Waals surface area contributed by atoms with Crippen LogP contribution < -0.4 is 5.73 Å². The maximum Gasteiger partial charge on any atom is 0.261 e. The zero-order valence-electron chi connectivity index (χ0n) is 7.39. The largest absolute Gasteiger partial charge is 0.369 e. The van der Waals surface area contributed by atoms with Crippen LogP contribution in [-0.4, -0.2) is 25.1 Å². The normalized spacial score (nSPS) is 11.8. The molecule has 0 aliphatic carbocycles. The Hall–Kier alpha value is -1.13.